The molecule has 1 aromatic carbocycles. The summed E-state index contributed by atoms with van der Waals surface area (Å²) in [6.07, 6.45) is 1.12. The predicted molar refractivity (Wildman–Crippen MR) is 89.3 cm³/mol. The second kappa shape index (κ2) is 6.30. The Morgan fingerprint density at radius 1 is 1.14 bits per heavy atom. The van der Waals surface area contributed by atoms with Gasteiger partial charge in [0.25, 0.3) is 0 Å². The third-order valence-corrected chi connectivity index (χ3v) is 5.36. The van der Waals surface area contributed by atoms with Crippen molar-refractivity contribution < 1.29 is 12.8 Å². The lowest BCUT2D eigenvalue weighted by molar-refractivity contribution is 0.458. The van der Waals surface area contributed by atoms with Crippen LogP contribution in [0.25, 0.3) is 11.1 Å². The molecule has 0 unspecified atom stereocenters. The fourth-order valence-electron chi connectivity index (χ4n) is 2.23. The summed E-state index contributed by atoms with van der Waals surface area (Å²) >= 11 is 1.21. The van der Waals surface area contributed by atoms with Crippen LogP contribution < -0.4 is 5.63 Å². The van der Waals surface area contributed by atoms with Gasteiger partial charge in [-0.15, -0.1) is 11.8 Å². The number of rotatable bonds is 4. The number of thioether (sulfide) groups is 1. The van der Waals surface area contributed by atoms with E-state index in [1.807, 2.05) is 32.0 Å². The Hall–Kier alpha value is -1.53. The van der Waals surface area contributed by atoms with E-state index >= 15 is 0 Å². The third kappa shape index (κ3) is 3.44. The minimum Gasteiger partial charge on any atom is -0.427 e. The lowest BCUT2D eigenvalue weighted by atomic mass is 10.1. The molecule has 0 fully saturated rings. The van der Waals surface area contributed by atoms with Gasteiger partial charge in [-0.05, 0) is 12.5 Å². The van der Waals surface area contributed by atoms with Gasteiger partial charge in [0.1, 0.15) is 10.7 Å². The van der Waals surface area contributed by atoms with Crippen molar-refractivity contribution in [1.82, 2.24) is 0 Å². The molecular weight excluding hydrogens is 320 g/mol. The van der Waals surface area contributed by atoms with Gasteiger partial charge in [-0.3, -0.25) is 0 Å². The highest BCUT2D eigenvalue weighted by molar-refractivity contribution is 8.00. The highest BCUT2D eigenvalue weighted by Crippen LogP contribution is 2.36. The van der Waals surface area contributed by atoms with Crippen LogP contribution in [0.3, 0.4) is 0 Å². The van der Waals surface area contributed by atoms with Gasteiger partial charge in [0.2, 0.25) is 0 Å². The topological polar surface area (TPSA) is 64.3 Å². The van der Waals surface area contributed by atoms with Gasteiger partial charge in [-0.25, -0.2) is 13.2 Å². The van der Waals surface area contributed by atoms with Crippen LogP contribution >= 0.6 is 11.8 Å². The molecule has 0 radical (unpaired) electrons. The molecule has 1 heterocycles. The van der Waals surface area contributed by atoms with Gasteiger partial charge >= 0.3 is 5.63 Å². The molecule has 22 heavy (non-hydrogen) atoms. The molecule has 0 atom stereocenters. The lowest BCUT2D eigenvalue weighted by Crippen LogP contribution is -2.14. The largest absolute Gasteiger partial charge is 0.427 e. The summed E-state index contributed by atoms with van der Waals surface area (Å²) in [6.45, 7) is 5.42. The highest BCUT2D eigenvalue weighted by atomic mass is 32.2. The summed E-state index contributed by atoms with van der Waals surface area (Å²) in [5.41, 5.74) is 0.580. The molecule has 0 spiro atoms. The van der Waals surface area contributed by atoms with E-state index in [9.17, 15) is 13.2 Å². The Bertz CT molecular complexity index is 834. The van der Waals surface area contributed by atoms with E-state index in [1.165, 1.54) is 11.8 Å². The van der Waals surface area contributed by atoms with Gasteiger partial charge < -0.3 is 4.42 Å². The van der Waals surface area contributed by atoms with Gasteiger partial charge in [-0.1, -0.05) is 44.2 Å². The molecule has 0 aliphatic heterocycles. The summed E-state index contributed by atoms with van der Waals surface area (Å²) in [6, 6.07) is 9.10. The molecule has 118 valence electrons. The van der Waals surface area contributed by atoms with Crippen LogP contribution in [0.4, 0.5) is 0 Å². The molecule has 4 nitrogen and oxygen atoms in total. The van der Waals surface area contributed by atoms with Crippen molar-refractivity contribution in [3.8, 4) is 11.1 Å². The maximum Gasteiger partial charge on any atom is 0.351 e. The Kier molecular flexibility index (Phi) is 4.82. The second-order valence-corrected chi connectivity index (χ2v) is 8.82. The SMILES string of the molecule is Cc1oc(=O)c(SC(C)C)c(S(C)(=O)=O)c1-c1ccccc1. The summed E-state index contributed by atoms with van der Waals surface area (Å²) < 4.78 is 30.0. The Labute approximate surface area is 134 Å². The normalized spacial score (nSPS) is 11.9. The van der Waals surface area contributed by atoms with Crippen molar-refractivity contribution in [2.45, 2.75) is 35.8 Å². The maximum atomic E-state index is 12.3. The van der Waals surface area contributed by atoms with Crippen molar-refractivity contribution >= 4 is 21.6 Å². The van der Waals surface area contributed by atoms with Crippen LogP contribution in [0.5, 0.6) is 0 Å². The maximum absolute atomic E-state index is 12.3. The number of aryl methyl sites for hydroxylation is 1. The van der Waals surface area contributed by atoms with E-state index in [4.69, 9.17) is 4.42 Å². The van der Waals surface area contributed by atoms with E-state index in [0.717, 1.165) is 11.8 Å². The number of hydrogen-bond acceptors (Lipinski definition) is 5. The number of sulfone groups is 1. The quantitative estimate of drug-likeness (QED) is 0.798. The van der Waals surface area contributed by atoms with Crippen LogP contribution in [0.2, 0.25) is 0 Å². The lowest BCUT2D eigenvalue weighted by Gasteiger charge is -2.15. The van der Waals surface area contributed by atoms with Crippen molar-refractivity contribution in [3.63, 3.8) is 0 Å². The fraction of sp³-hybridized carbons (Fsp3) is 0.312. The van der Waals surface area contributed by atoms with Crippen molar-refractivity contribution in [1.29, 1.82) is 0 Å². The second-order valence-electron chi connectivity index (χ2n) is 5.28. The highest BCUT2D eigenvalue weighted by Gasteiger charge is 2.26. The summed E-state index contributed by atoms with van der Waals surface area (Å²) in [5, 5.41) is 0.0646. The molecule has 2 rings (SSSR count). The Balaban J connectivity index is 2.92. The first-order valence-corrected chi connectivity index (χ1v) is 9.58. The molecular formula is C16H18O4S2. The molecule has 0 N–H and O–H groups in total. The molecule has 6 heteroatoms. The van der Waals surface area contributed by atoms with Gasteiger partial charge in [0.05, 0.1) is 4.90 Å². The Morgan fingerprint density at radius 2 is 1.73 bits per heavy atom. The number of benzene rings is 1. The first-order chi connectivity index (χ1) is 10.2. The van der Waals surface area contributed by atoms with Crippen molar-refractivity contribution in [2.24, 2.45) is 0 Å². The molecule has 1 aromatic heterocycles. The average molecular weight is 338 g/mol. The molecule has 0 saturated carbocycles. The molecule has 2 aromatic rings. The minimum absolute atomic E-state index is 0.0613. The molecule has 0 amide bonds. The van der Waals surface area contributed by atoms with E-state index in [0.29, 0.717) is 11.3 Å². The summed E-state index contributed by atoms with van der Waals surface area (Å²) in [4.78, 5) is 12.4. The average Bonchev–Trinajstić information content (AvgIpc) is 2.40. The van der Waals surface area contributed by atoms with E-state index < -0.39 is 15.5 Å². The predicted octanol–water partition coefficient (Wildman–Crippen LogP) is 3.52. The molecule has 0 saturated heterocycles. The van der Waals surface area contributed by atoms with Crippen LogP contribution in [-0.2, 0) is 9.84 Å². The number of hydrogen-bond donors (Lipinski definition) is 0. The molecule has 0 aliphatic rings. The van der Waals surface area contributed by atoms with Gasteiger partial charge in [0.15, 0.2) is 9.84 Å². The smallest absolute Gasteiger partial charge is 0.351 e. The van der Waals surface area contributed by atoms with E-state index in [1.54, 1.807) is 19.1 Å². The van der Waals surface area contributed by atoms with Crippen LogP contribution in [0, 0.1) is 6.92 Å². The molecule has 0 bridgehead atoms. The van der Waals surface area contributed by atoms with Crippen LogP contribution in [0.1, 0.15) is 19.6 Å². The van der Waals surface area contributed by atoms with Gasteiger partial charge in [0, 0.05) is 17.1 Å². The van der Waals surface area contributed by atoms with Crippen LogP contribution in [0.15, 0.2) is 49.3 Å². The van der Waals surface area contributed by atoms with Crippen molar-refractivity contribution in [2.75, 3.05) is 6.26 Å². The monoisotopic (exact) mass is 338 g/mol. The van der Waals surface area contributed by atoms with E-state index in [-0.39, 0.29) is 15.0 Å². The zero-order valence-corrected chi connectivity index (χ0v) is 14.5. The van der Waals surface area contributed by atoms with Crippen LogP contribution in [-0.4, -0.2) is 19.9 Å². The standard InChI is InChI=1S/C16H18O4S2/c1-10(2)21-14-15(22(4,18)19)13(11(3)20-16(14)17)12-8-6-5-7-9-12/h5-10H,1-4H3. The Morgan fingerprint density at radius 3 is 2.23 bits per heavy atom. The summed E-state index contributed by atoms with van der Waals surface area (Å²) in [5.74, 6) is 0.310. The zero-order chi connectivity index (χ0) is 16.5. The van der Waals surface area contributed by atoms with Gasteiger partial charge in [-0.2, -0.15) is 0 Å². The third-order valence-electron chi connectivity index (χ3n) is 3.00. The molecule has 0 aliphatic carbocycles. The van der Waals surface area contributed by atoms with E-state index in [2.05, 4.69) is 0 Å². The fourth-order valence-corrected chi connectivity index (χ4v) is 4.70. The first kappa shape index (κ1) is 16.8. The summed E-state index contributed by atoms with van der Waals surface area (Å²) in [7, 11) is -3.58. The zero-order valence-electron chi connectivity index (χ0n) is 12.9. The minimum atomic E-state index is -3.58. The van der Waals surface area contributed by atoms with Crippen molar-refractivity contribution in [3.05, 3.63) is 46.5 Å². The first-order valence-electron chi connectivity index (χ1n) is 6.81.